The molecule has 0 N–H and O–H groups in total. The van der Waals surface area contributed by atoms with E-state index in [4.69, 9.17) is 9.39 Å². The molecule has 1 rings (SSSR count). The summed E-state index contributed by atoms with van der Waals surface area (Å²) in [7, 11) is 1.54. The normalized spacial score (nSPS) is 9.86. The number of ether oxygens (including phenoxy) is 1. The van der Waals surface area contributed by atoms with Crippen LogP contribution in [0.4, 0.5) is 0 Å². The maximum Gasteiger partial charge on any atom is 0.358 e. The molecule has 0 saturated carbocycles. The third-order valence-electron chi connectivity index (χ3n) is 1.74. The van der Waals surface area contributed by atoms with Crippen LogP contribution in [-0.2, 0) is 11.3 Å². The van der Waals surface area contributed by atoms with E-state index in [9.17, 15) is 4.79 Å². The number of aromatic nitrogens is 2. The van der Waals surface area contributed by atoms with Crippen LogP contribution in [0.25, 0.3) is 0 Å². The minimum absolute atomic E-state index is 0.283. The summed E-state index contributed by atoms with van der Waals surface area (Å²) in [5.41, 5.74) is 0.283. The summed E-state index contributed by atoms with van der Waals surface area (Å²) in [6.07, 6.45) is 0. The third kappa shape index (κ3) is 2.07. The van der Waals surface area contributed by atoms with Crippen LogP contribution < -0.4 is 4.65 Å². The van der Waals surface area contributed by atoms with E-state index in [-0.39, 0.29) is 5.69 Å². The van der Waals surface area contributed by atoms with E-state index in [1.165, 1.54) is 8.05 Å². The van der Waals surface area contributed by atoms with Crippen LogP contribution >= 0.6 is 0 Å². The smallest absolute Gasteiger partial charge is 0.358 e. The first-order valence-corrected chi connectivity index (χ1v) is 4.51. The Labute approximate surface area is 83.4 Å². The first kappa shape index (κ1) is 10.6. The number of carbonyl (C=O) groups is 1. The Morgan fingerprint density at radius 3 is 2.79 bits per heavy atom. The Kier molecular flexibility index (Phi) is 3.56. The van der Waals surface area contributed by atoms with Gasteiger partial charge in [-0.25, -0.2) is 9.48 Å². The Bertz CT molecular complexity index is 303. The number of nitrogens with zero attached hydrogens (tertiary/aromatic N) is 2. The van der Waals surface area contributed by atoms with Crippen LogP contribution in [-0.4, -0.2) is 30.4 Å². The molecular weight excluding hydrogens is 183 g/mol. The zero-order chi connectivity index (χ0) is 10.6. The van der Waals surface area contributed by atoms with Crippen molar-refractivity contribution in [2.24, 2.45) is 0 Å². The molecule has 76 valence electrons. The van der Waals surface area contributed by atoms with E-state index in [0.717, 1.165) is 0 Å². The van der Waals surface area contributed by atoms with E-state index in [1.54, 1.807) is 17.7 Å². The number of esters is 1. The van der Waals surface area contributed by atoms with Gasteiger partial charge in [-0.1, -0.05) is 0 Å². The number of hydrogen-bond acceptors (Lipinski definition) is 4. The van der Waals surface area contributed by atoms with E-state index in [1.807, 2.05) is 6.92 Å². The lowest BCUT2D eigenvalue weighted by Gasteiger charge is -2.00. The molecule has 0 radical (unpaired) electrons. The SMILES string of the molecule is BOc1cc(C(=O)OCC)nn1CC. The molecule has 0 amide bonds. The molecule has 0 aliphatic carbocycles. The van der Waals surface area contributed by atoms with Gasteiger partial charge < -0.3 is 9.39 Å². The molecule has 0 fully saturated rings. The van der Waals surface area contributed by atoms with E-state index in [0.29, 0.717) is 19.0 Å². The summed E-state index contributed by atoms with van der Waals surface area (Å²) in [5.74, 6) is 0.147. The minimum Gasteiger partial charge on any atom is -0.555 e. The number of carbonyl (C=O) groups excluding carboxylic acids is 1. The van der Waals surface area contributed by atoms with Gasteiger partial charge in [0.1, 0.15) is 0 Å². The summed E-state index contributed by atoms with van der Waals surface area (Å²) in [5, 5.41) is 4.04. The molecule has 0 atom stereocenters. The fourth-order valence-electron chi connectivity index (χ4n) is 1.10. The molecule has 1 heterocycles. The maximum atomic E-state index is 11.3. The highest BCUT2D eigenvalue weighted by Crippen LogP contribution is 2.13. The molecular formula is C8H13BN2O3. The van der Waals surface area contributed by atoms with Crippen LogP contribution in [0.15, 0.2) is 6.07 Å². The number of aryl methyl sites for hydroxylation is 1. The van der Waals surface area contributed by atoms with Gasteiger partial charge in [-0.2, -0.15) is 5.10 Å². The van der Waals surface area contributed by atoms with Crippen LogP contribution in [0.1, 0.15) is 24.3 Å². The maximum absolute atomic E-state index is 11.3. The van der Waals surface area contributed by atoms with Crippen LogP contribution in [0, 0.1) is 0 Å². The molecule has 1 aromatic heterocycles. The van der Waals surface area contributed by atoms with Crippen molar-refractivity contribution >= 4 is 14.0 Å². The molecule has 0 bridgehead atoms. The van der Waals surface area contributed by atoms with Crippen molar-refractivity contribution in [3.05, 3.63) is 11.8 Å². The first-order valence-electron chi connectivity index (χ1n) is 4.51. The predicted molar refractivity (Wildman–Crippen MR) is 53.0 cm³/mol. The van der Waals surface area contributed by atoms with Gasteiger partial charge >= 0.3 is 14.0 Å². The van der Waals surface area contributed by atoms with E-state index >= 15 is 0 Å². The first-order chi connectivity index (χ1) is 6.72. The summed E-state index contributed by atoms with van der Waals surface area (Å²) >= 11 is 0. The Morgan fingerprint density at radius 2 is 2.36 bits per heavy atom. The van der Waals surface area contributed by atoms with Crippen molar-refractivity contribution in [3.8, 4) is 5.88 Å². The van der Waals surface area contributed by atoms with Crippen molar-refractivity contribution in [2.45, 2.75) is 20.4 Å². The zero-order valence-corrected chi connectivity index (χ0v) is 8.61. The molecule has 1 aromatic rings. The topological polar surface area (TPSA) is 53.4 Å². The second-order valence-electron chi connectivity index (χ2n) is 2.61. The van der Waals surface area contributed by atoms with Gasteiger partial charge in [0.25, 0.3) is 0 Å². The Hall–Kier alpha value is -1.46. The molecule has 5 nitrogen and oxygen atoms in total. The van der Waals surface area contributed by atoms with Gasteiger partial charge in [0.2, 0.25) is 0 Å². The molecule has 0 saturated heterocycles. The van der Waals surface area contributed by atoms with Crippen LogP contribution in [0.5, 0.6) is 5.88 Å². The van der Waals surface area contributed by atoms with Crippen molar-refractivity contribution < 1.29 is 14.2 Å². The Balaban J connectivity index is 2.88. The fraction of sp³-hybridized carbons (Fsp3) is 0.500. The average Bonchev–Trinajstić information content (AvgIpc) is 2.61. The van der Waals surface area contributed by atoms with Gasteiger partial charge in [0.05, 0.1) is 6.61 Å². The second-order valence-corrected chi connectivity index (χ2v) is 2.61. The molecule has 0 aromatic carbocycles. The summed E-state index contributed by atoms with van der Waals surface area (Å²) < 4.78 is 11.5. The molecule has 14 heavy (non-hydrogen) atoms. The van der Waals surface area contributed by atoms with Crippen molar-refractivity contribution in [1.29, 1.82) is 0 Å². The highest BCUT2D eigenvalue weighted by molar-refractivity contribution is 6.00. The largest absolute Gasteiger partial charge is 0.555 e. The Morgan fingerprint density at radius 1 is 1.64 bits per heavy atom. The number of rotatable bonds is 4. The average molecular weight is 196 g/mol. The van der Waals surface area contributed by atoms with Crippen molar-refractivity contribution in [1.82, 2.24) is 9.78 Å². The van der Waals surface area contributed by atoms with Gasteiger partial charge in [-0.15, -0.1) is 0 Å². The minimum atomic E-state index is -0.419. The zero-order valence-electron chi connectivity index (χ0n) is 8.61. The number of hydrogen-bond donors (Lipinski definition) is 0. The quantitative estimate of drug-likeness (QED) is 0.502. The standard InChI is InChI=1S/C8H13BN2O3/c1-3-11-7(14-9)5-6(10-11)8(12)13-4-2/h5H,3-4,9H2,1-2H3. The van der Waals surface area contributed by atoms with Crippen LogP contribution in [0.3, 0.4) is 0 Å². The molecule has 6 heteroatoms. The summed E-state index contributed by atoms with van der Waals surface area (Å²) in [6, 6.07) is 1.57. The van der Waals surface area contributed by atoms with Crippen molar-refractivity contribution in [3.63, 3.8) is 0 Å². The highest BCUT2D eigenvalue weighted by atomic mass is 16.5. The summed E-state index contributed by atoms with van der Waals surface area (Å²) in [6.45, 7) is 4.68. The fourth-order valence-corrected chi connectivity index (χ4v) is 1.10. The molecule has 0 aliphatic rings. The lowest BCUT2D eigenvalue weighted by atomic mass is 10.4. The lowest BCUT2D eigenvalue weighted by molar-refractivity contribution is 0.0518. The molecule has 0 aliphatic heterocycles. The van der Waals surface area contributed by atoms with Gasteiger partial charge in [0.15, 0.2) is 11.6 Å². The van der Waals surface area contributed by atoms with E-state index in [2.05, 4.69) is 5.10 Å². The second kappa shape index (κ2) is 4.69. The third-order valence-corrected chi connectivity index (χ3v) is 1.74. The lowest BCUT2D eigenvalue weighted by Crippen LogP contribution is -2.07. The van der Waals surface area contributed by atoms with E-state index < -0.39 is 5.97 Å². The monoisotopic (exact) mass is 196 g/mol. The highest BCUT2D eigenvalue weighted by Gasteiger charge is 2.14. The van der Waals surface area contributed by atoms with Gasteiger partial charge in [-0.05, 0) is 13.8 Å². The van der Waals surface area contributed by atoms with Crippen LogP contribution in [0.2, 0.25) is 0 Å². The molecule has 0 unspecified atom stereocenters. The summed E-state index contributed by atoms with van der Waals surface area (Å²) in [4.78, 5) is 11.3. The van der Waals surface area contributed by atoms with Gasteiger partial charge in [-0.3, -0.25) is 0 Å². The predicted octanol–water partition coefficient (Wildman–Crippen LogP) is 0.00660. The molecule has 0 spiro atoms. The van der Waals surface area contributed by atoms with Gasteiger partial charge in [0, 0.05) is 12.6 Å². The van der Waals surface area contributed by atoms with Crippen molar-refractivity contribution in [2.75, 3.05) is 6.61 Å².